The van der Waals surface area contributed by atoms with Gasteiger partial charge in [-0.1, -0.05) is 0 Å². The molecule has 1 nitrogen and oxygen atoms in total. The average Bonchev–Trinajstić information content (AvgIpc) is 2.27. The third kappa shape index (κ3) is 4.54. The van der Waals surface area contributed by atoms with Crippen molar-refractivity contribution in [1.29, 1.82) is 0 Å². The molecule has 5 heteroatoms. The quantitative estimate of drug-likeness (QED) is 0.517. The van der Waals surface area contributed by atoms with Crippen LogP contribution in [0.2, 0.25) is 18.1 Å². The van der Waals surface area contributed by atoms with E-state index >= 15 is 0 Å². The molecule has 19 heavy (non-hydrogen) atoms. The van der Waals surface area contributed by atoms with Gasteiger partial charge in [-0.2, -0.15) is 0 Å². The van der Waals surface area contributed by atoms with Crippen molar-refractivity contribution in [1.82, 2.24) is 0 Å². The Morgan fingerprint density at radius 1 is 1.11 bits per heavy atom. The van der Waals surface area contributed by atoms with Crippen LogP contribution >= 0.6 is 0 Å². The van der Waals surface area contributed by atoms with E-state index in [2.05, 4.69) is 60.7 Å². The summed E-state index contributed by atoms with van der Waals surface area (Å²) in [5.74, 6) is 0. The van der Waals surface area contributed by atoms with E-state index in [0.29, 0.717) is 0 Å². The summed E-state index contributed by atoms with van der Waals surface area (Å²) < 4.78 is 6.56. The molecule has 0 aliphatic heterocycles. The zero-order valence-electron chi connectivity index (χ0n) is 13.2. The van der Waals surface area contributed by atoms with Gasteiger partial charge in [0.2, 0.25) is 0 Å². The second-order valence-corrected chi connectivity index (χ2v) is 13.2. The minimum atomic E-state index is -1.70. The van der Waals surface area contributed by atoms with E-state index < -0.39 is 8.32 Å². The average molecular weight is 400 g/mol. The predicted molar refractivity (Wildman–Crippen MR) is 73.1 cm³/mol. The molecule has 0 amide bonds. The fourth-order valence-corrected chi connectivity index (χ4v) is 5.96. The molecule has 0 aromatic heterocycles. The summed E-state index contributed by atoms with van der Waals surface area (Å²) >= 11 is 1.45. The van der Waals surface area contributed by atoms with Crippen LogP contribution in [0.5, 0.6) is 0 Å². The molecule has 0 saturated heterocycles. The van der Waals surface area contributed by atoms with Gasteiger partial charge in [0.1, 0.15) is 0 Å². The van der Waals surface area contributed by atoms with Gasteiger partial charge in [-0.25, -0.2) is 0 Å². The molecule has 0 fully saturated rings. The molecule has 1 unspecified atom stereocenters. The van der Waals surface area contributed by atoms with Crippen LogP contribution in [0.25, 0.3) is 0 Å². The molecule has 0 heterocycles. The van der Waals surface area contributed by atoms with Gasteiger partial charge in [-0.3, -0.25) is 0 Å². The number of allylic oxidation sites excluding steroid dienone is 2. The van der Waals surface area contributed by atoms with Gasteiger partial charge in [0.05, 0.1) is 0 Å². The third-order valence-corrected chi connectivity index (χ3v) is 10.8. The summed E-state index contributed by atoms with van der Waals surface area (Å²) in [7, 11) is -1.70. The molecule has 1 aliphatic rings. The van der Waals surface area contributed by atoms with Gasteiger partial charge in [-0.05, 0) is 0 Å². The summed E-state index contributed by atoms with van der Waals surface area (Å²) in [4.78, 5) is 0. The minimum absolute atomic E-state index is 0. The molecule has 1 aliphatic carbocycles. The standard InChI is InChI=1S/C14H25OSi.2ClH.Zr/c1-10-9-13(12(3)11(10)2)15-16(7,8)14(4,5)6;;;/h9H,1-8H3;2*1H;/q;;;+2/p-2. The van der Waals surface area contributed by atoms with Gasteiger partial charge < -0.3 is 24.8 Å². The summed E-state index contributed by atoms with van der Waals surface area (Å²) in [6, 6.07) is 0. The summed E-state index contributed by atoms with van der Waals surface area (Å²) in [5.41, 5.74) is 4.22. The van der Waals surface area contributed by atoms with Crippen LogP contribution in [0.1, 0.15) is 41.5 Å². The molecule has 0 N–H and O–H groups in total. The Balaban J connectivity index is 0. The Kier molecular flexibility index (Phi) is 8.16. The molecule has 1 rings (SSSR count). The van der Waals surface area contributed by atoms with Crippen LogP contribution < -0.4 is 24.8 Å². The van der Waals surface area contributed by atoms with Crippen molar-refractivity contribution < 1.29 is 54.0 Å². The molecule has 0 saturated carbocycles. The van der Waals surface area contributed by atoms with Crippen LogP contribution in [-0.4, -0.2) is 11.6 Å². The van der Waals surface area contributed by atoms with Gasteiger partial charge in [-0.15, -0.1) is 0 Å². The SMILES string of the molecule is CC1=C[C]([Zr+2])(O[Si](C)(C)C(C)(C)C)C(C)=C1C.[Cl-].[Cl-]. The van der Waals surface area contributed by atoms with E-state index in [1.807, 2.05) is 0 Å². The van der Waals surface area contributed by atoms with Gasteiger partial charge in [0.25, 0.3) is 0 Å². The second kappa shape index (κ2) is 6.92. The zero-order valence-corrected chi connectivity index (χ0v) is 18.2. The number of halogens is 2. The first-order valence-electron chi connectivity index (χ1n) is 6.24. The van der Waals surface area contributed by atoms with E-state index in [1.54, 1.807) is 0 Å². The molecule has 1 atom stereocenters. The molecule has 0 aromatic carbocycles. The molecule has 109 valence electrons. The third-order valence-electron chi connectivity index (χ3n) is 4.35. The fourth-order valence-electron chi connectivity index (χ4n) is 1.76. The largest absolute Gasteiger partial charge is 1.00 e. The zero-order chi connectivity index (χ0) is 13.6. The molecular weight excluding hydrogens is 374 g/mol. The fraction of sp³-hybridized carbons (Fsp3) is 0.714. The Labute approximate surface area is 147 Å². The van der Waals surface area contributed by atoms with Crippen molar-refractivity contribution in [2.75, 3.05) is 0 Å². The van der Waals surface area contributed by atoms with Crippen LogP contribution in [0.15, 0.2) is 22.8 Å². The summed E-state index contributed by atoms with van der Waals surface area (Å²) in [6.07, 6.45) is 2.33. The Morgan fingerprint density at radius 3 is 1.79 bits per heavy atom. The first-order valence-corrected chi connectivity index (χ1v) is 10.4. The van der Waals surface area contributed by atoms with E-state index in [0.717, 1.165) is 0 Å². The van der Waals surface area contributed by atoms with Crippen molar-refractivity contribution >= 4 is 8.32 Å². The van der Waals surface area contributed by atoms with E-state index in [-0.39, 0.29) is 33.2 Å². The van der Waals surface area contributed by atoms with E-state index in [9.17, 15) is 0 Å². The van der Waals surface area contributed by atoms with Crippen molar-refractivity contribution in [2.45, 2.75) is 63.0 Å². The summed E-state index contributed by atoms with van der Waals surface area (Å²) in [6.45, 7) is 18.2. The predicted octanol–water partition coefficient (Wildman–Crippen LogP) is -1.44. The normalized spacial score (nSPS) is 23.8. The smallest absolute Gasteiger partial charge is 1.00 e. The van der Waals surface area contributed by atoms with Crippen LogP contribution in [0.3, 0.4) is 0 Å². The number of hydrogen-bond acceptors (Lipinski definition) is 1. The van der Waals surface area contributed by atoms with Gasteiger partial charge in [0.15, 0.2) is 0 Å². The molecule has 0 radical (unpaired) electrons. The van der Waals surface area contributed by atoms with Crippen molar-refractivity contribution in [2.24, 2.45) is 0 Å². The van der Waals surface area contributed by atoms with Gasteiger partial charge in [0, 0.05) is 0 Å². The maximum Gasteiger partial charge on any atom is -1.00 e. The number of hydrogen-bond donors (Lipinski definition) is 0. The van der Waals surface area contributed by atoms with Gasteiger partial charge >= 0.3 is 123 Å². The number of rotatable bonds is 2. The monoisotopic (exact) mass is 397 g/mol. The van der Waals surface area contributed by atoms with Crippen LogP contribution in [0.4, 0.5) is 0 Å². The maximum absolute atomic E-state index is 6.65. The van der Waals surface area contributed by atoms with Crippen molar-refractivity contribution in [3.05, 3.63) is 22.8 Å². The maximum atomic E-state index is 6.65. The summed E-state index contributed by atoms with van der Waals surface area (Å²) in [5, 5.41) is 0.273. The van der Waals surface area contributed by atoms with E-state index in [1.165, 1.54) is 41.4 Å². The molecule has 0 bridgehead atoms. The Bertz CT molecular complexity index is 397. The Morgan fingerprint density at radius 2 is 1.53 bits per heavy atom. The van der Waals surface area contributed by atoms with E-state index in [4.69, 9.17) is 4.43 Å². The van der Waals surface area contributed by atoms with Crippen LogP contribution in [0, 0.1) is 0 Å². The first kappa shape index (κ1) is 22.4. The first-order chi connectivity index (χ1) is 7.41. The van der Waals surface area contributed by atoms with Crippen molar-refractivity contribution in [3.63, 3.8) is 0 Å². The topological polar surface area (TPSA) is 9.23 Å². The minimum Gasteiger partial charge on any atom is -1.00 e. The van der Waals surface area contributed by atoms with Crippen molar-refractivity contribution in [3.8, 4) is 0 Å². The van der Waals surface area contributed by atoms with Crippen LogP contribution in [-0.2, 0) is 29.1 Å². The molecular formula is C14H25Cl2OSiZr. The second-order valence-electron chi connectivity index (χ2n) is 6.68. The molecule has 0 aromatic rings. The Hall–Kier alpha value is 1.12. The molecule has 0 spiro atoms.